The van der Waals surface area contributed by atoms with E-state index in [-0.39, 0.29) is 47.9 Å². The van der Waals surface area contributed by atoms with Crippen LogP contribution in [0.5, 0.6) is 11.5 Å². The molecule has 1 amide bonds. The number of anilines is 1. The number of methoxy groups -OCH3 is 1. The Morgan fingerprint density at radius 3 is 2.43 bits per heavy atom. The molecule has 13 nitrogen and oxygen atoms in total. The molecule has 0 aliphatic carbocycles. The summed E-state index contributed by atoms with van der Waals surface area (Å²) < 4.78 is 68.5. The second kappa shape index (κ2) is 15.3. The molecule has 0 saturated carbocycles. The number of nitrogens with one attached hydrogen (secondary N) is 2. The number of quaternary nitrogens is 1. The molecule has 54 heavy (non-hydrogen) atoms. The van der Waals surface area contributed by atoms with Crippen molar-refractivity contribution >= 4 is 60.3 Å². The number of ether oxygens (including phenoxy) is 2. The summed E-state index contributed by atoms with van der Waals surface area (Å²) in [5.41, 5.74) is 4.36. The molecule has 4 aromatic rings. The number of hydrogen-bond donors (Lipinski definition) is 2. The van der Waals surface area contributed by atoms with Gasteiger partial charge in [-0.1, -0.05) is 42.0 Å². The van der Waals surface area contributed by atoms with Gasteiger partial charge < -0.3 is 14.8 Å². The minimum Gasteiger partial charge on any atom is -0.495 e. The van der Waals surface area contributed by atoms with Crippen molar-refractivity contribution in [2.45, 2.75) is 45.2 Å². The predicted octanol–water partition coefficient (Wildman–Crippen LogP) is 5.75. The third-order valence-corrected chi connectivity index (χ3v) is 12.1. The Balaban J connectivity index is 1.41. The summed E-state index contributed by atoms with van der Waals surface area (Å²) in [5, 5.41) is 2.86. The summed E-state index contributed by atoms with van der Waals surface area (Å²) in [6, 6.07) is 24.6. The molecule has 4 aromatic carbocycles. The number of sulfonamides is 2. The van der Waals surface area contributed by atoms with E-state index in [1.54, 1.807) is 48.5 Å². The molecule has 2 heterocycles. The summed E-state index contributed by atoms with van der Waals surface area (Å²) in [7, 11) is -6.13. The number of amides is 1. The van der Waals surface area contributed by atoms with Gasteiger partial charge in [-0.2, -0.15) is 4.72 Å². The lowest BCUT2D eigenvalue weighted by atomic mass is 10.1. The Morgan fingerprint density at radius 2 is 1.72 bits per heavy atom. The quantitative estimate of drug-likeness (QED) is 0.0716. The van der Waals surface area contributed by atoms with E-state index in [0.29, 0.717) is 46.0 Å². The van der Waals surface area contributed by atoms with Crippen LogP contribution < -0.4 is 24.0 Å². The highest BCUT2D eigenvalue weighted by molar-refractivity contribution is 7.90. The third-order valence-electron chi connectivity index (χ3n) is 9.57. The number of aryl methyl sites for hydroxylation is 3. The van der Waals surface area contributed by atoms with E-state index in [4.69, 9.17) is 19.5 Å². The number of carbonyl (C=O) groups excluding carboxylic acids is 1. The fraction of sp³-hybridized carbons (Fsp3) is 0.308. The first-order valence-corrected chi connectivity index (χ1v) is 20.9. The average molecular weight is 774 g/mol. The second-order valence-electron chi connectivity index (χ2n) is 13.5. The number of rotatable bonds is 14. The number of likely N-dealkylation sites (N-methyl/N-ethyl adjacent to an activating group) is 1. The normalized spacial score (nSPS) is 19.1. The van der Waals surface area contributed by atoms with Gasteiger partial charge in [-0.15, -0.1) is 0 Å². The van der Waals surface area contributed by atoms with Gasteiger partial charge in [0, 0.05) is 25.1 Å². The summed E-state index contributed by atoms with van der Waals surface area (Å²) in [5.74, 6) is 0.260. The zero-order chi connectivity index (χ0) is 38.8. The van der Waals surface area contributed by atoms with Crippen molar-refractivity contribution in [2.75, 3.05) is 44.9 Å². The van der Waals surface area contributed by atoms with E-state index in [2.05, 4.69) is 10.0 Å². The molecule has 2 aliphatic heterocycles. The van der Waals surface area contributed by atoms with Crippen LogP contribution in [0.3, 0.4) is 0 Å². The van der Waals surface area contributed by atoms with E-state index in [9.17, 15) is 21.6 Å². The molecule has 2 aliphatic rings. The first-order valence-electron chi connectivity index (χ1n) is 17.6. The minimum atomic E-state index is -4.20. The third kappa shape index (κ3) is 8.04. The van der Waals surface area contributed by atoms with Crippen molar-refractivity contribution < 1.29 is 31.1 Å². The van der Waals surface area contributed by atoms with Gasteiger partial charge >= 0.3 is 0 Å². The van der Waals surface area contributed by atoms with Gasteiger partial charge in [0.25, 0.3) is 15.9 Å². The Labute approximate surface area is 317 Å². The number of para-hydroxylation sites is 3. The number of carbonyl (C=O) groups is 1. The van der Waals surface area contributed by atoms with Crippen molar-refractivity contribution in [1.82, 2.24) is 13.5 Å². The highest BCUT2D eigenvalue weighted by Crippen LogP contribution is 2.40. The number of benzene rings is 4. The molecular formula is C39H45N6O7S2+. The van der Waals surface area contributed by atoms with Gasteiger partial charge in [-0.05, 0) is 75.2 Å². The number of nitrogens with zero attached hydrogens (tertiary/aromatic N) is 4. The summed E-state index contributed by atoms with van der Waals surface area (Å²) in [6.45, 7) is 9.18. The first-order chi connectivity index (χ1) is 25.7. The zero-order valence-electron chi connectivity index (χ0n) is 31.2. The van der Waals surface area contributed by atoms with Gasteiger partial charge in [-0.25, -0.2) is 31.1 Å². The largest absolute Gasteiger partial charge is 0.495 e. The molecule has 284 valence electrons. The van der Waals surface area contributed by atoms with Crippen molar-refractivity contribution in [3.8, 4) is 11.5 Å². The SMILES string of the molecule is CC[N+]1(c2ccc(N=C(C(=O)Nc3ccccc3OC)C3=Nc4ccccc4S(=O)(=O)N3CCCOc3ccc(C)cc3C)c(C)c2)CC1NS(C)(=O)=O. The van der Waals surface area contributed by atoms with E-state index >= 15 is 0 Å². The maximum atomic E-state index is 14.4. The Bertz CT molecular complexity index is 2380. The van der Waals surface area contributed by atoms with Crippen LogP contribution in [0.2, 0.25) is 0 Å². The van der Waals surface area contributed by atoms with E-state index in [1.807, 2.05) is 58.0 Å². The zero-order valence-corrected chi connectivity index (χ0v) is 32.8. The van der Waals surface area contributed by atoms with Gasteiger partial charge in [0.2, 0.25) is 16.2 Å². The lowest BCUT2D eigenvalue weighted by molar-refractivity contribution is -0.110. The summed E-state index contributed by atoms with van der Waals surface area (Å²) >= 11 is 0. The maximum absolute atomic E-state index is 14.4. The first kappa shape index (κ1) is 38.6. The number of amidine groups is 1. The van der Waals surface area contributed by atoms with Crippen LogP contribution in [0.1, 0.15) is 30.0 Å². The van der Waals surface area contributed by atoms with Gasteiger partial charge in [0.1, 0.15) is 22.1 Å². The van der Waals surface area contributed by atoms with Crippen LogP contribution >= 0.6 is 0 Å². The van der Waals surface area contributed by atoms with Crippen LogP contribution in [0.15, 0.2) is 99.8 Å². The molecule has 2 N–H and O–H groups in total. The Kier molecular flexibility index (Phi) is 11.0. The molecule has 1 saturated heterocycles. The standard InChI is InChI=1S/C39H44N6O7S2/c1-7-45(25-36(45)43-53(6,47)48)29-18-19-30(27(3)24-29)40-37(39(46)42-31-13-8-10-15-34(31)51-5)38-41-32-14-9-11-16-35(32)54(49,50)44(38)21-12-22-52-33-20-17-26(2)23-28(33)4/h8-11,13-20,23-24,36,43H,7,12,21-22,25H2,1-6H3/p+1. The lowest BCUT2D eigenvalue weighted by Crippen LogP contribution is -2.47. The van der Waals surface area contributed by atoms with Crippen LogP contribution in [-0.4, -0.2) is 84.4 Å². The molecule has 0 spiro atoms. The van der Waals surface area contributed by atoms with Gasteiger partial charge in [0.05, 0.1) is 43.6 Å². The topological polar surface area (TPSA) is 156 Å². The Morgan fingerprint density at radius 1 is 0.981 bits per heavy atom. The monoisotopic (exact) mass is 773 g/mol. The van der Waals surface area contributed by atoms with Crippen molar-refractivity contribution in [2.24, 2.45) is 9.98 Å². The molecule has 2 atom stereocenters. The highest BCUT2D eigenvalue weighted by atomic mass is 32.2. The molecule has 0 radical (unpaired) electrons. The smallest absolute Gasteiger partial charge is 0.278 e. The maximum Gasteiger partial charge on any atom is 0.278 e. The Hall–Kier alpha value is -5.09. The van der Waals surface area contributed by atoms with E-state index in [0.717, 1.165) is 27.4 Å². The van der Waals surface area contributed by atoms with Crippen molar-refractivity contribution in [3.63, 3.8) is 0 Å². The molecular weight excluding hydrogens is 729 g/mol. The average Bonchev–Trinajstić information content (AvgIpc) is 3.83. The van der Waals surface area contributed by atoms with Crippen molar-refractivity contribution in [1.29, 1.82) is 0 Å². The molecule has 0 aromatic heterocycles. The highest BCUT2D eigenvalue weighted by Gasteiger charge is 2.57. The second-order valence-corrected chi connectivity index (χ2v) is 17.1. The minimum absolute atomic E-state index is 0.0124. The van der Waals surface area contributed by atoms with Crippen LogP contribution in [-0.2, 0) is 24.8 Å². The van der Waals surface area contributed by atoms with Crippen molar-refractivity contribution in [3.05, 3.63) is 102 Å². The van der Waals surface area contributed by atoms with Crippen LogP contribution in [0.25, 0.3) is 0 Å². The molecule has 2 unspecified atom stereocenters. The van der Waals surface area contributed by atoms with Crippen LogP contribution in [0.4, 0.5) is 22.7 Å². The summed E-state index contributed by atoms with van der Waals surface area (Å²) in [6.07, 6.45) is 1.13. The number of fused-ring (bicyclic) bond motifs is 1. The molecule has 6 rings (SSSR count). The summed E-state index contributed by atoms with van der Waals surface area (Å²) in [4.78, 5) is 24.0. The van der Waals surface area contributed by atoms with E-state index < -0.39 is 26.0 Å². The van der Waals surface area contributed by atoms with Gasteiger partial charge in [0.15, 0.2) is 18.1 Å². The van der Waals surface area contributed by atoms with E-state index in [1.165, 1.54) is 13.2 Å². The lowest BCUT2D eigenvalue weighted by Gasteiger charge is -2.30. The number of aliphatic imine (C=N–C) groups is 2. The molecule has 1 fully saturated rings. The fourth-order valence-corrected chi connectivity index (χ4v) is 9.04. The fourth-order valence-electron chi connectivity index (χ4n) is 6.68. The predicted molar refractivity (Wildman–Crippen MR) is 212 cm³/mol. The van der Waals surface area contributed by atoms with Gasteiger partial charge in [-0.3, -0.25) is 9.28 Å². The van der Waals surface area contributed by atoms with Crippen LogP contribution in [0, 0.1) is 20.8 Å². The molecule has 0 bridgehead atoms. The number of hydrogen-bond acceptors (Lipinski definition) is 9. The molecule has 15 heteroatoms.